The number of benzene rings is 1. The van der Waals surface area contributed by atoms with Crippen molar-refractivity contribution in [1.29, 1.82) is 0 Å². The van der Waals surface area contributed by atoms with Gasteiger partial charge in [-0.25, -0.2) is 4.79 Å². The van der Waals surface area contributed by atoms with Crippen molar-refractivity contribution in [3.05, 3.63) is 28.3 Å². The number of alkyl carbamates (subject to hydrolysis) is 1. The first kappa shape index (κ1) is 20.2. The third-order valence-electron chi connectivity index (χ3n) is 3.05. The number of aromatic hydroxyl groups is 1. The summed E-state index contributed by atoms with van der Waals surface area (Å²) in [6.07, 6.45) is -3.00. The van der Waals surface area contributed by atoms with Crippen molar-refractivity contribution < 1.29 is 29.6 Å². The second-order valence-electron chi connectivity index (χ2n) is 6.28. The number of ether oxygens (including phenoxy) is 1. The molecule has 24 heavy (non-hydrogen) atoms. The van der Waals surface area contributed by atoms with Crippen molar-refractivity contribution in [3.63, 3.8) is 0 Å². The summed E-state index contributed by atoms with van der Waals surface area (Å²) in [6.45, 7) is 5.21. The lowest BCUT2D eigenvalue weighted by atomic mass is 9.99. The van der Waals surface area contributed by atoms with E-state index in [2.05, 4.69) is 5.32 Å². The lowest BCUT2D eigenvalue weighted by Gasteiger charge is -2.22. The zero-order valence-electron chi connectivity index (χ0n) is 13.7. The van der Waals surface area contributed by atoms with Crippen LogP contribution in [0.2, 0.25) is 5.02 Å². The van der Waals surface area contributed by atoms with E-state index in [1.165, 1.54) is 12.1 Å². The molecule has 1 rings (SSSR count). The van der Waals surface area contributed by atoms with Gasteiger partial charge in [-0.3, -0.25) is 4.79 Å². The monoisotopic (exact) mass is 359 g/mol. The second-order valence-corrected chi connectivity index (χ2v) is 6.72. The molecule has 8 heteroatoms. The average Bonchev–Trinajstić information content (AvgIpc) is 2.46. The Kier molecular flexibility index (Phi) is 7.01. The van der Waals surface area contributed by atoms with E-state index in [1.54, 1.807) is 20.8 Å². The zero-order valence-corrected chi connectivity index (χ0v) is 14.5. The normalized spacial score (nSPS) is 13.9. The molecule has 0 aliphatic rings. The number of hydrogen-bond acceptors (Lipinski definition) is 6. The van der Waals surface area contributed by atoms with Gasteiger partial charge in [0.05, 0.1) is 11.7 Å². The van der Waals surface area contributed by atoms with E-state index in [9.17, 15) is 24.9 Å². The van der Waals surface area contributed by atoms with Crippen LogP contribution >= 0.6 is 11.6 Å². The molecule has 0 aliphatic heterocycles. The van der Waals surface area contributed by atoms with Gasteiger partial charge >= 0.3 is 6.09 Å². The summed E-state index contributed by atoms with van der Waals surface area (Å²) >= 11 is 5.82. The molecule has 0 heterocycles. The molecule has 1 aromatic carbocycles. The standard InChI is InChI=1S/C16H22ClNO6/c1-16(2,3)24-15(23)18-5-4-12(20)14(22)11-7-10(17)6-9(8-19)13(11)21/h6-8,12,14,20-22H,4-5H2,1-3H3,(H,18,23). The highest BCUT2D eigenvalue weighted by Gasteiger charge is 2.24. The van der Waals surface area contributed by atoms with Crippen LogP contribution in [-0.2, 0) is 4.74 Å². The summed E-state index contributed by atoms with van der Waals surface area (Å²) in [6, 6.07) is 2.51. The van der Waals surface area contributed by atoms with Crippen molar-refractivity contribution in [2.45, 2.75) is 45.0 Å². The highest BCUT2D eigenvalue weighted by Crippen LogP contribution is 2.32. The molecular weight excluding hydrogens is 338 g/mol. The molecule has 2 atom stereocenters. The summed E-state index contributed by atoms with van der Waals surface area (Å²) < 4.78 is 5.04. The number of amides is 1. The van der Waals surface area contributed by atoms with Gasteiger partial charge in [0.15, 0.2) is 6.29 Å². The fourth-order valence-corrected chi connectivity index (χ4v) is 2.19. The minimum atomic E-state index is -1.47. The first-order valence-corrected chi connectivity index (χ1v) is 7.73. The van der Waals surface area contributed by atoms with E-state index in [0.29, 0.717) is 6.29 Å². The number of phenolic OH excluding ortho intramolecular Hbond substituents is 1. The fraction of sp³-hybridized carbons (Fsp3) is 0.500. The van der Waals surface area contributed by atoms with Gasteiger partial charge in [-0.15, -0.1) is 0 Å². The third kappa shape index (κ3) is 5.99. The summed E-state index contributed by atoms with van der Waals surface area (Å²) in [7, 11) is 0. The molecule has 0 saturated heterocycles. The van der Waals surface area contributed by atoms with Crippen LogP contribution in [0, 0.1) is 0 Å². The molecular formula is C16H22ClNO6. The maximum atomic E-state index is 11.5. The van der Waals surface area contributed by atoms with Gasteiger partial charge in [0.2, 0.25) is 0 Å². The predicted molar refractivity (Wildman–Crippen MR) is 88.3 cm³/mol. The highest BCUT2D eigenvalue weighted by atomic mass is 35.5. The molecule has 2 unspecified atom stereocenters. The number of rotatable bonds is 6. The molecule has 0 aliphatic carbocycles. The van der Waals surface area contributed by atoms with Gasteiger partial charge in [-0.05, 0) is 39.3 Å². The molecule has 1 amide bonds. The molecule has 0 saturated carbocycles. The lowest BCUT2D eigenvalue weighted by Crippen LogP contribution is -2.34. The molecule has 134 valence electrons. The van der Waals surface area contributed by atoms with E-state index in [0.717, 1.165) is 0 Å². The Morgan fingerprint density at radius 2 is 2.00 bits per heavy atom. The third-order valence-corrected chi connectivity index (χ3v) is 3.27. The lowest BCUT2D eigenvalue weighted by molar-refractivity contribution is 0.0110. The molecule has 0 fully saturated rings. The Hall–Kier alpha value is -1.83. The zero-order chi connectivity index (χ0) is 18.5. The number of nitrogens with one attached hydrogen (secondary N) is 1. The van der Waals surface area contributed by atoms with Gasteiger partial charge in [-0.2, -0.15) is 0 Å². The van der Waals surface area contributed by atoms with Gasteiger partial charge < -0.3 is 25.4 Å². The van der Waals surface area contributed by atoms with E-state index in [-0.39, 0.29) is 29.1 Å². The Bertz CT molecular complexity index is 599. The average molecular weight is 360 g/mol. The van der Waals surface area contributed by atoms with Crippen LogP contribution in [0.25, 0.3) is 0 Å². The number of aliphatic hydroxyl groups excluding tert-OH is 2. The van der Waals surface area contributed by atoms with Crippen molar-refractivity contribution in [1.82, 2.24) is 5.32 Å². The molecule has 0 spiro atoms. The van der Waals surface area contributed by atoms with Crippen LogP contribution in [0.3, 0.4) is 0 Å². The fourth-order valence-electron chi connectivity index (χ4n) is 1.96. The van der Waals surface area contributed by atoms with E-state index in [1.807, 2.05) is 0 Å². The molecule has 0 aromatic heterocycles. The van der Waals surface area contributed by atoms with Gasteiger partial charge in [0.25, 0.3) is 0 Å². The molecule has 0 radical (unpaired) electrons. The Morgan fingerprint density at radius 3 is 2.54 bits per heavy atom. The predicted octanol–water partition coefficient (Wildman–Crippen LogP) is 2.17. The van der Waals surface area contributed by atoms with Crippen LogP contribution in [-0.4, -0.2) is 45.9 Å². The van der Waals surface area contributed by atoms with Gasteiger partial charge in [0.1, 0.15) is 17.5 Å². The Labute approximate surface area is 145 Å². The number of halogens is 1. The first-order valence-electron chi connectivity index (χ1n) is 7.35. The first-order chi connectivity index (χ1) is 11.0. The molecule has 0 bridgehead atoms. The summed E-state index contributed by atoms with van der Waals surface area (Å²) in [5, 5.41) is 32.7. The van der Waals surface area contributed by atoms with Crippen LogP contribution in [0.4, 0.5) is 4.79 Å². The van der Waals surface area contributed by atoms with Crippen LogP contribution in [0.5, 0.6) is 5.75 Å². The Morgan fingerprint density at radius 1 is 1.38 bits per heavy atom. The molecule has 7 nitrogen and oxygen atoms in total. The number of hydrogen-bond donors (Lipinski definition) is 4. The smallest absolute Gasteiger partial charge is 0.407 e. The minimum absolute atomic E-state index is 0.00276. The second kappa shape index (κ2) is 8.32. The minimum Gasteiger partial charge on any atom is -0.507 e. The van der Waals surface area contributed by atoms with E-state index in [4.69, 9.17) is 16.3 Å². The van der Waals surface area contributed by atoms with Crippen LogP contribution in [0.1, 0.15) is 49.2 Å². The SMILES string of the molecule is CC(C)(C)OC(=O)NCCC(O)C(O)c1cc(Cl)cc(C=O)c1O. The number of aldehydes is 1. The quantitative estimate of drug-likeness (QED) is 0.578. The van der Waals surface area contributed by atoms with Crippen LogP contribution in [0.15, 0.2) is 12.1 Å². The van der Waals surface area contributed by atoms with E-state index >= 15 is 0 Å². The number of phenols is 1. The van der Waals surface area contributed by atoms with Gasteiger partial charge in [0, 0.05) is 17.1 Å². The molecule has 4 N–H and O–H groups in total. The van der Waals surface area contributed by atoms with Crippen molar-refractivity contribution in [2.24, 2.45) is 0 Å². The summed E-state index contributed by atoms with van der Waals surface area (Å²) in [4.78, 5) is 22.3. The molecule has 1 aromatic rings. The van der Waals surface area contributed by atoms with Crippen molar-refractivity contribution in [3.8, 4) is 5.75 Å². The number of carbonyl (C=O) groups excluding carboxylic acids is 2. The number of aliphatic hydroxyl groups is 2. The summed E-state index contributed by atoms with van der Waals surface area (Å²) in [5.41, 5.74) is -0.787. The largest absolute Gasteiger partial charge is 0.507 e. The van der Waals surface area contributed by atoms with Crippen molar-refractivity contribution in [2.75, 3.05) is 6.54 Å². The van der Waals surface area contributed by atoms with Gasteiger partial charge in [-0.1, -0.05) is 11.6 Å². The van der Waals surface area contributed by atoms with Crippen molar-refractivity contribution >= 4 is 24.0 Å². The summed E-state index contributed by atoms with van der Waals surface area (Å²) in [5.74, 6) is -0.443. The maximum Gasteiger partial charge on any atom is 0.407 e. The topological polar surface area (TPSA) is 116 Å². The number of carbonyl (C=O) groups is 2. The highest BCUT2D eigenvalue weighted by molar-refractivity contribution is 6.31. The van der Waals surface area contributed by atoms with Crippen LogP contribution < -0.4 is 5.32 Å². The maximum absolute atomic E-state index is 11.5. The Balaban J connectivity index is 2.66. The van der Waals surface area contributed by atoms with E-state index < -0.39 is 29.7 Å².